The van der Waals surface area contributed by atoms with Crippen LogP contribution in [0.2, 0.25) is 5.02 Å². The standard InChI is InChI=1S/C19H20ClN3O5S2/c1-2-29(25,26)22-17-12-23(11-15(17)13-6-4-3-5-7-13)19(24)14-8-9-18(16(20)10-14)30(21,27)28/h2-10,15,17,22H,1,11-12H2,(H2,21,27,28)/t15-,17+/m0/s1. The number of hydrogen-bond donors (Lipinski definition) is 2. The molecule has 160 valence electrons. The Morgan fingerprint density at radius 3 is 2.37 bits per heavy atom. The number of halogens is 1. The average Bonchev–Trinajstić information content (AvgIpc) is 3.10. The minimum absolute atomic E-state index is 0.125. The Bertz CT molecular complexity index is 1180. The third-order valence-corrected chi connectivity index (χ3v) is 7.32. The number of sulfonamides is 2. The van der Waals surface area contributed by atoms with E-state index >= 15 is 0 Å². The summed E-state index contributed by atoms with van der Waals surface area (Å²) in [6.07, 6.45) is 0. The summed E-state index contributed by atoms with van der Waals surface area (Å²) in [7, 11) is -7.73. The molecule has 0 unspecified atom stereocenters. The number of rotatable bonds is 6. The first-order valence-electron chi connectivity index (χ1n) is 8.83. The molecule has 0 bridgehead atoms. The van der Waals surface area contributed by atoms with Crippen LogP contribution in [0.25, 0.3) is 0 Å². The molecule has 2 atom stereocenters. The van der Waals surface area contributed by atoms with Crippen molar-refractivity contribution in [1.29, 1.82) is 0 Å². The maximum absolute atomic E-state index is 13.0. The normalized spacial score (nSPS) is 19.6. The number of likely N-dealkylation sites (tertiary alicyclic amines) is 1. The van der Waals surface area contributed by atoms with E-state index in [9.17, 15) is 21.6 Å². The molecule has 0 aromatic heterocycles. The van der Waals surface area contributed by atoms with Gasteiger partial charge in [0.2, 0.25) is 20.0 Å². The van der Waals surface area contributed by atoms with Crippen LogP contribution >= 0.6 is 11.6 Å². The molecule has 11 heteroatoms. The van der Waals surface area contributed by atoms with Gasteiger partial charge < -0.3 is 4.90 Å². The van der Waals surface area contributed by atoms with Gasteiger partial charge in [-0.3, -0.25) is 4.79 Å². The number of nitrogens with zero attached hydrogens (tertiary/aromatic N) is 1. The second-order valence-corrected chi connectivity index (χ2v) is 10.4. The summed E-state index contributed by atoms with van der Waals surface area (Å²) in [6.45, 7) is 3.70. The number of carbonyl (C=O) groups is 1. The van der Waals surface area contributed by atoms with Gasteiger partial charge >= 0.3 is 0 Å². The Morgan fingerprint density at radius 2 is 1.80 bits per heavy atom. The molecule has 1 amide bonds. The van der Waals surface area contributed by atoms with Gasteiger partial charge in [0.25, 0.3) is 5.91 Å². The van der Waals surface area contributed by atoms with Crippen LogP contribution in [0.1, 0.15) is 21.8 Å². The molecule has 1 fully saturated rings. The van der Waals surface area contributed by atoms with E-state index < -0.39 is 32.0 Å². The van der Waals surface area contributed by atoms with Crippen LogP contribution in [0.3, 0.4) is 0 Å². The molecule has 1 aliphatic rings. The summed E-state index contributed by atoms with van der Waals surface area (Å²) in [6, 6.07) is 12.4. The summed E-state index contributed by atoms with van der Waals surface area (Å²) in [5, 5.41) is 5.76. The summed E-state index contributed by atoms with van der Waals surface area (Å²) < 4.78 is 49.7. The molecule has 1 aliphatic heterocycles. The zero-order valence-electron chi connectivity index (χ0n) is 15.7. The molecule has 0 radical (unpaired) electrons. The Kier molecular flexibility index (Phi) is 6.34. The van der Waals surface area contributed by atoms with Crippen molar-refractivity contribution in [3.8, 4) is 0 Å². The number of hydrogen-bond acceptors (Lipinski definition) is 5. The predicted molar refractivity (Wildman–Crippen MR) is 114 cm³/mol. The molecule has 30 heavy (non-hydrogen) atoms. The minimum atomic E-state index is -4.01. The predicted octanol–water partition coefficient (Wildman–Crippen LogP) is 1.66. The van der Waals surface area contributed by atoms with Crippen molar-refractivity contribution in [2.75, 3.05) is 13.1 Å². The highest BCUT2D eigenvalue weighted by molar-refractivity contribution is 7.92. The Labute approximate surface area is 180 Å². The first kappa shape index (κ1) is 22.4. The number of benzene rings is 2. The van der Waals surface area contributed by atoms with Gasteiger partial charge in [-0.15, -0.1) is 0 Å². The fourth-order valence-corrected chi connectivity index (χ4v) is 5.28. The fraction of sp³-hybridized carbons (Fsp3) is 0.211. The Balaban J connectivity index is 1.90. The van der Waals surface area contributed by atoms with Gasteiger partial charge in [0, 0.05) is 36.0 Å². The van der Waals surface area contributed by atoms with E-state index in [4.69, 9.17) is 16.7 Å². The fourth-order valence-electron chi connectivity index (χ4n) is 3.43. The molecule has 2 aromatic carbocycles. The van der Waals surface area contributed by atoms with Gasteiger partial charge in [0.05, 0.1) is 5.02 Å². The second kappa shape index (κ2) is 8.48. The van der Waals surface area contributed by atoms with E-state index in [0.717, 1.165) is 11.0 Å². The van der Waals surface area contributed by atoms with Crippen molar-refractivity contribution in [1.82, 2.24) is 9.62 Å². The minimum Gasteiger partial charge on any atom is -0.336 e. The van der Waals surface area contributed by atoms with E-state index in [2.05, 4.69) is 11.3 Å². The summed E-state index contributed by atoms with van der Waals surface area (Å²) in [4.78, 5) is 14.2. The monoisotopic (exact) mass is 469 g/mol. The zero-order valence-corrected chi connectivity index (χ0v) is 18.1. The summed E-state index contributed by atoms with van der Waals surface area (Å²) in [5.41, 5.74) is 1.05. The number of nitrogens with two attached hydrogens (primary N) is 1. The Hall–Kier alpha value is -2.24. The van der Waals surface area contributed by atoms with E-state index in [0.29, 0.717) is 0 Å². The lowest BCUT2D eigenvalue weighted by molar-refractivity contribution is 0.0788. The van der Waals surface area contributed by atoms with Gasteiger partial charge in [0.15, 0.2) is 0 Å². The largest absolute Gasteiger partial charge is 0.336 e. The third-order valence-electron chi connectivity index (χ3n) is 4.86. The van der Waals surface area contributed by atoms with Crippen LogP contribution in [0.5, 0.6) is 0 Å². The highest BCUT2D eigenvalue weighted by Gasteiger charge is 2.38. The lowest BCUT2D eigenvalue weighted by atomic mass is 9.95. The molecule has 2 aromatic rings. The van der Waals surface area contributed by atoms with Crippen LogP contribution in [0.4, 0.5) is 0 Å². The van der Waals surface area contributed by atoms with Crippen molar-refractivity contribution in [2.45, 2.75) is 16.9 Å². The van der Waals surface area contributed by atoms with Crippen LogP contribution < -0.4 is 9.86 Å². The smallest absolute Gasteiger partial charge is 0.253 e. The first-order chi connectivity index (χ1) is 14.0. The van der Waals surface area contributed by atoms with Gasteiger partial charge in [-0.25, -0.2) is 26.7 Å². The first-order valence-corrected chi connectivity index (χ1v) is 12.3. The topological polar surface area (TPSA) is 127 Å². The van der Waals surface area contributed by atoms with E-state index in [1.54, 1.807) is 0 Å². The van der Waals surface area contributed by atoms with Crippen molar-refractivity contribution in [3.63, 3.8) is 0 Å². The van der Waals surface area contributed by atoms with Crippen LogP contribution in [0.15, 0.2) is 65.4 Å². The molecule has 0 aliphatic carbocycles. The van der Waals surface area contributed by atoms with E-state index in [-0.39, 0.29) is 34.5 Å². The van der Waals surface area contributed by atoms with Crippen LogP contribution in [-0.2, 0) is 20.0 Å². The van der Waals surface area contributed by atoms with Gasteiger partial charge in [-0.2, -0.15) is 0 Å². The molecule has 0 saturated carbocycles. The lowest BCUT2D eigenvalue weighted by Crippen LogP contribution is -2.39. The molecule has 3 N–H and O–H groups in total. The number of primary sulfonamides is 1. The number of carbonyl (C=O) groups excluding carboxylic acids is 1. The van der Waals surface area contributed by atoms with Crippen molar-refractivity contribution < 1.29 is 21.6 Å². The molecular weight excluding hydrogens is 450 g/mol. The maximum Gasteiger partial charge on any atom is 0.253 e. The summed E-state index contributed by atoms with van der Waals surface area (Å²) >= 11 is 5.99. The van der Waals surface area contributed by atoms with Crippen LogP contribution in [0, 0.1) is 0 Å². The van der Waals surface area contributed by atoms with Crippen molar-refractivity contribution in [3.05, 3.63) is 76.7 Å². The van der Waals surface area contributed by atoms with Gasteiger partial charge in [0.1, 0.15) is 4.90 Å². The molecular formula is C19H20ClN3O5S2. The SMILES string of the molecule is C=CS(=O)(=O)N[C@@H]1CN(C(=O)c2ccc(S(N)(=O)=O)c(Cl)c2)C[C@H]1c1ccccc1. The Morgan fingerprint density at radius 1 is 1.13 bits per heavy atom. The average molecular weight is 470 g/mol. The molecule has 3 rings (SSSR count). The van der Waals surface area contributed by atoms with Gasteiger partial charge in [-0.05, 0) is 23.8 Å². The van der Waals surface area contributed by atoms with Crippen molar-refractivity contribution in [2.24, 2.45) is 5.14 Å². The molecule has 0 spiro atoms. The highest BCUT2D eigenvalue weighted by atomic mass is 35.5. The van der Waals surface area contributed by atoms with Crippen LogP contribution in [-0.4, -0.2) is 46.8 Å². The number of nitrogens with one attached hydrogen (secondary N) is 1. The quantitative estimate of drug-likeness (QED) is 0.665. The third kappa shape index (κ3) is 4.90. The summed E-state index contributed by atoms with van der Waals surface area (Å²) in [5.74, 6) is -0.678. The molecule has 1 heterocycles. The lowest BCUT2D eigenvalue weighted by Gasteiger charge is -2.18. The number of amides is 1. The molecule has 8 nitrogen and oxygen atoms in total. The maximum atomic E-state index is 13.0. The second-order valence-electron chi connectivity index (χ2n) is 6.85. The van der Waals surface area contributed by atoms with E-state index in [1.807, 2.05) is 30.3 Å². The van der Waals surface area contributed by atoms with Crippen molar-refractivity contribution >= 4 is 37.6 Å². The van der Waals surface area contributed by atoms with Gasteiger partial charge in [-0.1, -0.05) is 48.5 Å². The van der Waals surface area contributed by atoms with E-state index in [1.165, 1.54) is 23.1 Å². The molecule has 1 saturated heterocycles. The highest BCUT2D eigenvalue weighted by Crippen LogP contribution is 2.30. The zero-order chi connectivity index (χ0) is 22.1.